The fourth-order valence-corrected chi connectivity index (χ4v) is 4.21. The van der Waals surface area contributed by atoms with Crippen molar-refractivity contribution in [3.05, 3.63) is 82.8 Å². The molecule has 1 amide bonds. The first-order chi connectivity index (χ1) is 16.6. The number of alkyl halides is 2. The summed E-state index contributed by atoms with van der Waals surface area (Å²) < 4.78 is 65.7. The van der Waals surface area contributed by atoms with Gasteiger partial charge in [-0.25, -0.2) is 17.6 Å². The predicted molar refractivity (Wildman–Crippen MR) is 115 cm³/mol. The largest absolute Gasteiger partial charge is 0.382 e. The Hall–Kier alpha value is -3.79. The molecule has 3 heterocycles. The van der Waals surface area contributed by atoms with E-state index in [0.717, 1.165) is 18.2 Å². The van der Waals surface area contributed by atoms with E-state index in [0.29, 0.717) is 5.56 Å². The lowest BCUT2D eigenvalue weighted by molar-refractivity contribution is -0.00505. The van der Waals surface area contributed by atoms with E-state index >= 15 is 8.78 Å². The number of halogens is 4. The van der Waals surface area contributed by atoms with Crippen molar-refractivity contribution >= 4 is 16.8 Å². The van der Waals surface area contributed by atoms with Crippen LogP contribution in [0.25, 0.3) is 22.0 Å². The number of carbonyl (C=O) groups is 1. The summed E-state index contributed by atoms with van der Waals surface area (Å²) in [5, 5.41) is 14.3. The molecule has 6 nitrogen and oxygen atoms in total. The van der Waals surface area contributed by atoms with Crippen LogP contribution in [-0.2, 0) is 20.1 Å². The van der Waals surface area contributed by atoms with Crippen LogP contribution in [0.2, 0.25) is 0 Å². The minimum Gasteiger partial charge on any atom is -0.382 e. The highest BCUT2D eigenvalue weighted by molar-refractivity contribution is 5.97. The maximum atomic E-state index is 15.1. The van der Waals surface area contributed by atoms with Gasteiger partial charge in [0, 0.05) is 48.1 Å². The summed E-state index contributed by atoms with van der Waals surface area (Å²) in [6, 6.07) is 7.99. The minimum atomic E-state index is -3.40. The zero-order valence-electron chi connectivity index (χ0n) is 18.8. The van der Waals surface area contributed by atoms with E-state index in [9.17, 15) is 18.7 Å². The van der Waals surface area contributed by atoms with E-state index in [1.54, 1.807) is 12.1 Å². The van der Waals surface area contributed by atoms with E-state index in [4.69, 9.17) is 1.37 Å². The first-order valence-electron chi connectivity index (χ1n) is 10.8. The number of fused-ring (bicyclic) bond motifs is 2. The first-order valence-corrected chi connectivity index (χ1v) is 10.3. The molecule has 34 heavy (non-hydrogen) atoms. The summed E-state index contributed by atoms with van der Waals surface area (Å²) in [6.07, 6.45) is -3.68. The standard InChI is InChI=1S/C24H18F4N4O2/c1-31-10-16-14(4-5-15(21(16)30-31)22(33)23(27)28)13-7-18(25)17(19(26)8-13)11-32-9-12-3-2-6-29-20(12)24(32)34/h2-8,10,22-23,33H,9,11H2,1H3/i22D. The fraction of sp³-hybridized carbons (Fsp3) is 0.208. The van der Waals surface area contributed by atoms with Crippen LogP contribution in [-0.4, -0.2) is 37.1 Å². The third kappa shape index (κ3) is 3.60. The number of aliphatic hydroxyl groups is 1. The van der Waals surface area contributed by atoms with Gasteiger partial charge in [0.05, 0.1) is 13.4 Å². The second-order valence-electron chi connectivity index (χ2n) is 8.00. The smallest absolute Gasteiger partial charge is 0.273 e. The van der Waals surface area contributed by atoms with Crippen LogP contribution >= 0.6 is 0 Å². The zero-order valence-corrected chi connectivity index (χ0v) is 17.8. The highest BCUT2D eigenvalue weighted by Gasteiger charge is 2.30. The molecular formula is C24H18F4N4O2. The Labute approximate surface area is 192 Å². The van der Waals surface area contributed by atoms with Gasteiger partial charge >= 0.3 is 0 Å². The molecule has 10 heteroatoms. The molecular weight excluding hydrogens is 452 g/mol. The van der Waals surface area contributed by atoms with E-state index in [1.165, 1.54) is 35.1 Å². The summed E-state index contributed by atoms with van der Waals surface area (Å²) in [5.74, 6) is -2.19. The summed E-state index contributed by atoms with van der Waals surface area (Å²) in [6.45, 7) is -0.116. The van der Waals surface area contributed by atoms with Gasteiger partial charge in [0.1, 0.15) is 23.4 Å². The zero-order chi connectivity index (χ0) is 25.1. The maximum absolute atomic E-state index is 15.1. The molecule has 1 aliphatic heterocycles. The van der Waals surface area contributed by atoms with E-state index in [2.05, 4.69) is 10.1 Å². The molecule has 0 aliphatic carbocycles. The summed E-state index contributed by atoms with van der Waals surface area (Å²) >= 11 is 0. The number of aryl methyl sites for hydroxylation is 1. The fourth-order valence-electron chi connectivity index (χ4n) is 4.21. The van der Waals surface area contributed by atoms with Crippen LogP contribution in [0.15, 0.2) is 48.8 Å². The van der Waals surface area contributed by atoms with Crippen LogP contribution in [0.4, 0.5) is 17.6 Å². The number of amides is 1. The van der Waals surface area contributed by atoms with Gasteiger partial charge in [-0.15, -0.1) is 0 Å². The van der Waals surface area contributed by atoms with Gasteiger partial charge in [-0.05, 0) is 29.3 Å². The molecule has 4 aromatic rings. The number of benzene rings is 2. The number of rotatable bonds is 5. The van der Waals surface area contributed by atoms with Crippen molar-refractivity contribution in [1.29, 1.82) is 0 Å². The Morgan fingerprint density at radius 1 is 1.21 bits per heavy atom. The number of nitrogens with zero attached hydrogens (tertiary/aromatic N) is 4. The van der Waals surface area contributed by atoms with Crippen molar-refractivity contribution in [2.24, 2.45) is 7.05 Å². The van der Waals surface area contributed by atoms with Gasteiger partial charge in [-0.3, -0.25) is 14.5 Å². The van der Waals surface area contributed by atoms with E-state index in [1.807, 2.05) is 0 Å². The second-order valence-corrected chi connectivity index (χ2v) is 8.00. The number of carbonyl (C=O) groups excluding carboxylic acids is 1. The van der Waals surface area contributed by atoms with Crippen molar-refractivity contribution in [2.75, 3.05) is 0 Å². The Morgan fingerprint density at radius 3 is 2.62 bits per heavy atom. The van der Waals surface area contributed by atoms with Crippen molar-refractivity contribution in [3.63, 3.8) is 0 Å². The Bertz CT molecular complexity index is 1460. The average Bonchev–Trinajstić information content (AvgIpc) is 3.34. The third-order valence-corrected chi connectivity index (χ3v) is 5.82. The van der Waals surface area contributed by atoms with Crippen molar-refractivity contribution in [3.8, 4) is 11.1 Å². The number of pyridine rings is 1. The Morgan fingerprint density at radius 2 is 1.94 bits per heavy atom. The predicted octanol–water partition coefficient (Wildman–Crippen LogP) is 4.37. The molecule has 1 N–H and O–H groups in total. The van der Waals surface area contributed by atoms with Crippen LogP contribution in [0.5, 0.6) is 0 Å². The second kappa shape index (κ2) is 8.21. The normalized spacial score (nSPS) is 15.7. The van der Waals surface area contributed by atoms with Crippen molar-refractivity contribution < 1.29 is 28.8 Å². The highest BCUT2D eigenvalue weighted by Crippen LogP contribution is 2.36. The molecule has 0 radical (unpaired) electrons. The molecule has 0 saturated carbocycles. The molecule has 1 aliphatic rings. The van der Waals surface area contributed by atoms with Gasteiger partial charge in [0.2, 0.25) is 0 Å². The lowest BCUT2D eigenvalue weighted by atomic mass is 9.96. The molecule has 0 spiro atoms. The van der Waals surface area contributed by atoms with Gasteiger partial charge in [-0.2, -0.15) is 5.10 Å². The highest BCUT2D eigenvalue weighted by atomic mass is 19.3. The summed E-state index contributed by atoms with van der Waals surface area (Å²) in [7, 11) is 1.52. The summed E-state index contributed by atoms with van der Waals surface area (Å²) in [5.41, 5.74) is 0.504. The van der Waals surface area contributed by atoms with Crippen LogP contribution < -0.4 is 0 Å². The monoisotopic (exact) mass is 471 g/mol. The Balaban J connectivity index is 1.53. The van der Waals surface area contributed by atoms with Gasteiger partial charge < -0.3 is 10.0 Å². The molecule has 174 valence electrons. The van der Waals surface area contributed by atoms with Crippen LogP contribution in [0.1, 0.15) is 34.6 Å². The molecule has 0 bridgehead atoms. The maximum Gasteiger partial charge on any atom is 0.273 e. The third-order valence-electron chi connectivity index (χ3n) is 5.82. The topological polar surface area (TPSA) is 71.2 Å². The molecule has 0 saturated heterocycles. The molecule has 1 atom stereocenters. The molecule has 1 unspecified atom stereocenters. The molecule has 2 aromatic heterocycles. The van der Waals surface area contributed by atoms with E-state index < -0.39 is 35.6 Å². The lowest BCUT2D eigenvalue weighted by Gasteiger charge is -2.17. The molecule has 0 fully saturated rings. The van der Waals surface area contributed by atoms with E-state index in [-0.39, 0.29) is 46.4 Å². The molecule has 5 rings (SSSR count). The average molecular weight is 471 g/mol. The van der Waals surface area contributed by atoms with Crippen molar-refractivity contribution in [2.45, 2.75) is 25.6 Å². The SMILES string of the molecule is [2H]C(O)(c1ccc(-c2cc(F)c(CN3Cc4cccnc4C3=O)c(F)c2)c2cn(C)nc12)C(F)F. The first kappa shape index (κ1) is 20.8. The van der Waals surface area contributed by atoms with Gasteiger partial charge in [0.15, 0.2) is 0 Å². The number of aromatic nitrogens is 3. The quantitative estimate of drug-likeness (QED) is 0.439. The Kier molecular flexibility index (Phi) is 5.02. The van der Waals surface area contributed by atoms with Gasteiger partial charge in [-0.1, -0.05) is 18.2 Å². The van der Waals surface area contributed by atoms with Gasteiger partial charge in [0.25, 0.3) is 12.3 Å². The minimum absolute atomic E-state index is 0.0828. The van der Waals surface area contributed by atoms with Crippen LogP contribution in [0.3, 0.4) is 0 Å². The molecule has 2 aromatic carbocycles. The van der Waals surface area contributed by atoms with Crippen molar-refractivity contribution in [1.82, 2.24) is 19.7 Å². The number of hydrogen-bond acceptors (Lipinski definition) is 4. The number of hydrogen-bond donors (Lipinski definition) is 1. The van der Waals surface area contributed by atoms with Crippen LogP contribution in [0, 0.1) is 11.6 Å². The summed E-state index contributed by atoms with van der Waals surface area (Å²) in [4.78, 5) is 17.9. The lowest BCUT2D eigenvalue weighted by Crippen LogP contribution is -2.24.